The van der Waals surface area contributed by atoms with E-state index >= 15 is 0 Å². The molecule has 182 valence electrons. The Hall–Kier alpha value is -5.45. The van der Waals surface area contributed by atoms with Crippen LogP contribution in [0.1, 0.15) is 21.5 Å². The highest BCUT2D eigenvalue weighted by Gasteiger charge is 2.22. The van der Waals surface area contributed by atoms with Gasteiger partial charge in [0, 0.05) is 29.3 Å². The van der Waals surface area contributed by atoms with Crippen molar-refractivity contribution in [3.05, 3.63) is 122 Å². The van der Waals surface area contributed by atoms with Gasteiger partial charge in [-0.05, 0) is 61.0 Å². The lowest BCUT2D eigenvalue weighted by molar-refractivity contribution is -0.385. The summed E-state index contributed by atoms with van der Waals surface area (Å²) in [7, 11) is 0. The van der Waals surface area contributed by atoms with E-state index in [-0.39, 0.29) is 28.3 Å². The monoisotopic (exact) mass is 495 g/mol. The number of nitro benzene ring substituents is 2. The van der Waals surface area contributed by atoms with Gasteiger partial charge >= 0.3 is 5.69 Å². The third-order valence-electron chi connectivity index (χ3n) is 5.59. The molecule has 0 radical (unpaired) electrons. The number of benzene rings is 4. The van der Waals surface area contributed by atoms with Crippen LogP contribution in [-0.4, -0.2) is 30.6 Å². The van der Waals surface area contributed by atoms with E-state index in [9.17, 15) is 25.0 Å². The number of aromatic nitrogens is 3. The van der Waals surface area contributed by atoms with Crippen LogP contribution >= 0.6 is 0 Å². The maximum atomic E-state index is 12.9. The first kappa shape index (κ1) is 23.3. The first-order valence-electron chi connectivity index (χ1n) is 11.0. The van der Waals surface area contributed by atoms with Crippen LogP contribution in [0.25, 0.3) is 16.7 Å². The molecule has 0 aliphatic heterocycles. The van der Waals surface area contributed by atoms with Crippen molar-refractivity contribution in [3.63, 3.8) is 0 Å². The average Bonchev–Trinajstić information content (AvgIpc) is 3.33. The van der Waals surface area contributed by atoms with Crippen molar-refractivity contribution in [1.29, 1.82) is 0 Å². The molecule has 0 aliphatic carbocycles. The minimum atomic E-state index is -0.643. The SMILES string of the molecule is Cc1ccc(Oc2ccc(C(=O)c3ccc([N+](=O)[O-])cc3)cc2[N+](=O)[O-])c(-n2nc3ccccc3n2)c1. The fourth-order valence-electron chi connectivity index (χ4n) is 3.74. The van der Waals surface area contributed by atoms with Crippen LogP contribution in [0.2, 0.25) is 0 Å². The van der Waals surface area contributed by atoms with Gasteiger partial charge in [0.2, 0.25) is 5.75 Å². The summed E-state index contributed by atoms with van der Waals surface area (Å²) in [5, 5.41) is 31.7. The highest BCUT2D eigenvalue weighted by atomic mass is 16.6. The smallest absolute Gasteiger partial charge is 0.312 e. The fraction of sp³-hybridized carbons (Fsp3) is 0.0385. The third-order valence-corrected chi connectivity index (χ3v) is 5.59. The van der Waals surface area contributed by atoms with Gasteiger partial charge in [-0.3, -0.25) is 25.0 Å². The van der Waals surface area contributed by atoms with E-state index in [4.69, 9.17) is 4.74 Å². The quantitative estimate of drug-likeness (QED) is 0.162. The van der Waals surface area contributed by atoms with E-state index < -0.39 is 21.3 Å². The molecule has 0 amide bonds. The second-order valence-corrected chi connectivity index (χ2v) is 8.12. The second-order valence-electron chi connectivity index (χ2n) is 8.12. The van der Waals surface area contributed by atoms with E-state index in [2.05, 4.69) is 10.2 Å². The molecule has 0 fully saturated rings. The molecule has 0 N–H and O–H groups in total. The number of hydrogen-bond acceptors (Lipinski definition) is 8. The molecule has 5 rings (SSSR count). The van der Waals surface area contributed by atoms with Crippen molar-refractivity contribution < 1.29 is 19.4 Å². The van der Waals surface area contributed by atoms with Crippen molar-refractivity contribution in [1.82, 2.24) is 15.0 Å². The molecule has 1 aromatic heterocycles. The molecule has 0 saturated carbocycles. The fourth-order valence-corrected chi connectivity index (χ4v) is 3.74. The van der Waals surface area contributed by atoms with Gasteiger partial charge in [0.1, 0.15) is 16.7 Å². The van der Waals surface area contributed by atoms with Gasteiger partial charge < -0.3 is 4.74 Å². The zero-order chi connectivity index (χ0) is 26.1. The van der Waals surface area contributed by atoms with Gasteiger partial charge in [-0.2, -0.15) is 0 Å². The van der Waals surface area contributed by atoms with Crippen LogP contribution in [0.5, 0.6) is 11.5 Å². The van der Waals surface area contributed by atoms with Crippen LogP contribution in [0.3, 0.4) is 0 Å². The zero-order valence-corrected chi connectivity index (χ0v) is 19.3. The number of fused-ring (bicyclic) bond motifs is 1. The Morgan fingerprint density at radius 3 is 2.03 bits per heavy atom. The number of nitrogens with zero attached hydrogens (tertiary/aromatic N) is 5. The molecular formula is C26H17N5O6. The Bertz CT molecular complexity index is 1660. The summed E-state index contributed by atoms with van der Waals surface area (Å²) in [5.74, 6) is -0.316. The summed E-state index contributed by atoms with van der Waals surface area (Å²) >= 11 is 0. The molecular weight excluding hydrogens is 478 g/mol. The molecule has 11 nitrogen and oxygen atoms in total. The molecule has 0 saturated heterocycles. The summed E-state index contributed by atoms with van der Waals surface area (Å²) in [6, 6.07) is 21.5. The van der Waals surface area contributed by atoms with Gasteiger partial charge in [0.25, 0.3) is 5.69 Å². The highest BCUT2D eigenvalue weighted by Crippen LogP contribution is 2.36. The zero-order valence-electron chi connectivity index (χ0n) is 19.3. The third kappa shape index (κ3) is 4.60. The number of ketones is 1. The molecule has 11 heteroatoms. The Morgan fingerprint density at radius 1 is 0.784 bits per heavy atom. The summed E-state index contributed by atoms with van der Waals surface area (Å²) in [6.07, 6.45) is 0. The van der Waals surface area contributed by atoms with E-state index in [0.717, 1.165) is 11.6 Å². The molecule has 5 aromatic rings. The van der Waals surface area contributed by atoms with E-state index in [0.29, 0.717) is 16.7 Å². The minimum Gasteiger partial charge on any atom is -0.448 e. The van der Waals surface area contributed by atoms with Crippen molar-refractivity contribution in [3.8, 4) is 17.2 Å². The molecule has 0 aliphatic rings. The summed E-state index contributed by atoms with van der Waals surface area (Å²) < 4.78 is 5.96. The number of aryl methyl sites for hydroxylation is 1. The van der Waals surface area contributed by atoms with Crippen molar-refractivity contribution in [2.75, 3.05) is 0 Å². The van der Waals surface area contributed by atoms with Crippen molar-refractivity contribution in [2.45, 2.75) is 6.92 Å². The van der Waals surface area contributed by atoms with Gasteiger partial charge in [-0.15, -0.1) is 15.0 Å². The Kier molecular flexibility index (Phi) is 5.86. The lowest BCUT2D eigenvalue weighted by atomic mass is 10.0. The Balaban J connectivity index is 1.50. The van der Waals surface area contributed by atoms with Crippen molar-refractivity contribution >= 4 is 28.2 Å². The van der Waals surface area contributed by atoms with E-state index in [1.165, 1.54) is 41.2 Å². The summed E-state index contributed by atoms with van der Waals surface area (Å²) in [6.45, 7) is 1.89. The van der Waals surface area contributed by atoms with Crippen LogP contribution in [0.15, 0.2) is 84.9 Å². The van der Waals surface area contributed by atoms with Gasteiger partial charge in [0.05, 0.1) is 9.85 Å². The Labute approximate surface area is 208 Å². The number of rotatable bonds is 7. The molecule has 0 spiro atoms. The standard InChI is InChI=1S/C26H17N5O6/c1-16-6-12-24(22(14-16)29-27-20-4-2-3-5-21(20)28-29)37-25-13-9-18(15-23(25)31(35)36)26(32)17-7-10-19(11-8-17)30(33)34/h2-15H,1H3. The van der Waals surface area contributed by atoms with Crippen molar-refractivity contribution in [2.24, 2.45) is 0 Å². The predicted octanol–water partition coefficient (Wildman–Crippen LogP) is 5.57. The molecule has 1 heterocycles. The van der Waals surface area contributed by atoms with Gasteiger partial charge in [-0.25, -0.2) is 0 Å². The van der Waals surface area contributed by atoms with Crippen LogP contribution in [0, 0.1) is 27.2 Å². The van der Waals surface area contributed by atoms with Crippen LogP contribution < -0.4 is 4.74 Å². The lowest BCUT2D eigenvalue weighted by Crippen LogP contribution is -2.05. The normalized spacial score (nSPS) is 10.8. The van der Waals surface area contributed by atoms with Gasteiger partial charge in [-0.1, -0.05) is 18.2 Å². The van der Waals surface area contributed by atoms with Crippen LogP contribution in [-0.2, 0) is 0 Å². The second kappa shape index (κ2) is 9.30. The number of carbonyl (C=O) groups excluding carboxylic acids is 1. The lowest BCUT2D eigenvalue weighted by Gasteiger charge is -2.12. The minimum absolute atomic E-state index is 0.0389. The number of nitro groups is 2. The first-order chi connectivity index (χ1) is 17.8. The number of ether oxygens (including phenoxy) is 1. The Morgan fingerprint density at radius 2 is 1.41 bits per heavy atom. The molecule has 0 bridgehead atoms. The molecule has 4 aromatic carbocycles. The maximum Gasteiger partial charge on any atom is 0.312 e. The van der Waals surface area contributed by atoms with E-state index in [1.807, 2.05) is 31.2 Å². The maximum absolute atomic E-state index is 12.9. The number of carbonyl (C=O) groups is 1. The summed E-state index contributed by atoms with van der Waals surface area (Å²) in [4.78, 5) is 35.8. The predicted molar refractivity (Wildman–Crippen MR) is 133 cm³/mol. The largest absolute Gasteiger partial charge is 0.448 e. The first-order valence-corrected chi connectivity index (χ1v) is 11.0. The summed E-state index contributed by atoms with van der Waals surface area (Å²) in [5.41, 5.74) is 2.35. The van der Waals surface area contributed by atoms with Gasteiger partial charge in [0.15, 0.2) is 11.5 Å². The van der Waals surface area contributed by atoms with E-state index in [1.54, 1.807) is 18.2 Å². The number of hydrogen-bond donors (Lipinski definition) is 0. The van der Waals surface area contributed by atoms with Crippen LogP contribution in [0.4, 0.5) is 11.4 Å². The molecule has 0 atom stereocenters. The average molecular weight is 495 g/mol. The highest BCUT2D eigenvalue weighted by molar-refractivity contribution is 6.09. The molecule has 0 unspecified atom stereocenters. The topological polar surface area (TPSA) is 143 Å². The molecule has 37 heavy (non-hydrogen) atoms. The number of non-ortho nitro benzene ring substituents is 1.